The lowest BCUT2D eigenvalue weighted by Crippen LogP contribution is -2.31. The summed E-state index contributed by atoms with van der Waals surface area (Å²) in [6.45, 7) is 0.363. The molecule has 3 aromatic rings. The number of carbonyl (C=O) groups excluding carboxylic acids is 1. The average molecular weight is 470 g/mol. The summed E-state index contributed by atoms with van der Waals surface area (Å²) in [6, 6.07) is 2.79. The van der Waals surface area contributed by atoms with Gasteiger partial charge in [0, 0.05) is 12.0 Å². The van der Waals surface area contributed by atoms with Gasteiger partial charge in [-0.3, -0.25) is 4.79 Å². The number of rotatable bonds is 9. The Morgan fingerprint density at radius 3 is 2.87 bits per heavy atom. The van der Waals surface area contributed by atoms with E-state index < -0.39 is 12.0 Å². The second kappa shape index (κ2) is 10.3. The molecule has 0 aliphatic rings. The van der Waals surface area contributed by atoms with Crippen LogP contribution in [0.4, 0.5) is 0 Å². The van der Waals surface area contributed by atoms with Gasteiger partial charge in [0.15, 0.2) is 5.65 Å². The first-order chi connectivity index (χ1) is 14.5. The predicted molar refractivity (Wildman–Crippen MR) is 117 cm³/mol. The number of ether oxygens (including phenoxy) is 2. The van der Waals surface area contributed by atoms with E-state index in [4.69, 9.17) is 33.7 Å². The standard InChI is InChI=1S/C19H21Cl2N5O3S/c1-28-19(27)14(22)4-3-7-29-15-6-5-13(20)16(21)12(15)8-11-9-23-17-18(30-2)24-10-25-26(11)17/h5-6,9-10,14H,3-4,7-8,22H2,1-2H3/t14-/m1/s1. The molecule has 0 saturated heterocycles. The van der Waals surface area contributed by atoms with Gasteiger partial charge in [-0.25, -0.2) is 14.5 Å². The molecular weight excluding hydrogens is 449 g/mol. The van der Waals surface area contributed by atoms with Crippen LogP contribution in [0.5, 0.6) is 5.75 Å². The first kappa shape index (κ1) is 22.6. The Morgan fingerprint density at radius 2 is 2.13 bits per heavy atom. The van der Waals surface area contributed by atoms with Gasteiger partial charge in [0.1, 0.15) is 23.1 Å². The van der Waals surface area contributed by atoms with Crippen LogP contribution in [0.25, 0.3) is 5.65 Å². The van der Waals surface area contributed by atoms with Crippen LogP contribution in [0.15, 0.2) is 29.7 Å². The third-order valence-electron chi connectivity index (χ3n) is 4.47. The van der Waals surface area contributed by atoms with E-state index in [0.717, 1.165) is 16.3 Å². The predicted octanol–water partition coefficient (Wildman–Crippen LogP) is 3.40. The molecular formula is C19H21Cl2N5O3S. The van der Waals surface area contributed by atoms with E-state index in [2.05, 4.69) is 19.8 Å². The van der Waals surface area contributed by atoms with Gasteiger partial charge in [0.05, 0.1) is 35.7 Å². The van der Waals surface area contributed by atoms with Gasteiger partial charge in [-0.1, -0.05) is 23.2 Å². The molecule has 8 nitrogen and oxygen atoms in total. The number of hydrogen-bond donors (Lipinski definition) is 1. The van der Waals surface area contributed by atoms with Crippen LogP contribution in [0.2, 0.25) is 10.0 Å². The van der Waals surface area contributed by atoms with Crippen LogP contribution in [-0.2, 0) is 16.0 Å². The third kappa shape index (κ3) is 4.97. The Balaban J connectivity index is 1.78. The quantitative estimate of drug-likeness (QED) is 0.288. The highest BCUT2D eigenvalue weighted by Gasteiger charge is 2.18. The Labute approximate surface area is 188 Å². The number of methoxy groups -OCH3 is 1. The van der Waals surface area contributed by atoms with Crippen molar-refractivity contribution in [3.63, 3.8) is 0 Å². The number of esters is 1. The van der Waals surface area contributed by atoms with Crippen LogP contribution in [0, 0.1) is 0 Å². The smallest absolute Gasteiger partial charge is 0.322 e. The molecule has 1 aromatic carbocycles. The Morgan fingerprint density at radius 1 is 1.33 bits per heavy atom. The van der Waals surface area contributed by atoms with Crippen molar-refractivity contribution in [1.82, 2.24) is 19.6 Å². The minimum Gasteiger partial charge on any atom is -0.493 e. The summed E-state index contributed by atoms with van der Waals surface area (Å²) >= 11 is 14.2. The van der Waals surface area contributed by atoms with Crippen molar-refractivity contribution in [2.24, 2.45) is 5.73 Å². The molecule has 0 aliphatic carbocycles. The molecule has 2 heterocycles. The molecule has 3 rings (SSSR count). The summed E-state index contributed by atoms with van der Waals surface area (Å²) in [5, 5.41) is 5.93. The molecule has 2 N–H and O–H groups in total. The lowest BCUT2D eigenvalue weighted by molar-refractivity contribution is -0.142. The molecule has 11 heteroatoms. The maximum atomic E-state index is 11.4. The molecule has 0 saturated carbocycles. The zero-order valence-corrected chi connectivity index (χ0v) is 18.8. The maximum absolute atomic E-state index is 11.4. The number of carbonyl (C=O) groups is 1. The molecule has 0 fully saturated rings. The lowest BCUT2D eigenvalue weighted by atomic mass is 10.1. The van der Waals surface area contributed by atoms with Crippen LogP contribution >= 0.6 is 35.0 Å². The Hall–Kier alpha value is -2.07. The summed E-state index contributed by atoms with van der Waals surface area (Å²) in [4.78, 5) is 20.1. The fourth-order valence-electron chi connectivity index (χ4n) is 2.92. The molecule has 0 aliphatic heterocycles. The van der Waals surface area contributed by atoms with Crippen LogP contribution < -0.4 is 10.5 Å². The second-order valence-electron chi connectivity index (χ2n) is 6.39. The minimum atomic E-state index is -0.671. The fourth-order valence-corrected chi connectivity index (χ4v) is 3.79. The minimum absolute atomic E-state index is 0.363. The van der Waals surface area contributed by atoms with Crippen molar-refractivity contribution in [3.8, 4) is 5.75 Å². The van der Waals surface area contributed by atoms with Crippen molar-refractivity contribution >= 4 is 46.6 Å². The lowest BCUT2D eigenvalue weighted by Gasteiger charge is -2.15. The van der Waals surface area contributed by atoms with Gasteiger partial charge in [0.25, 0.3) is 0 Å². The summed E-state index contributed by atoms with van der Waals surface area (Å²) in [7, 11) is 1.31. The molecule has 0 radical (unpaired) electrons. The van der Waals surface area contributed by atoms with Gasteiger partial charge >= 0.3 is 5.97 Å². The van der Waals surface area contributed by atoms with E-state index in [9.17, 15) is 4.79 Å². The second-order valence-corrected chi connectivity index (χ2v) is 7.97. The van der Waals surface area contributed by atoms with E-state index in [1.165, 1.54) is 25.2 Å². The van der Waals surface area contributed by atoms with Gasteiger partial charge in [-0.05, 0) is 31.2 Å². The number of imidazole rings is 1. The number of hydrogen-bond acceptors (Lipinski definition) is 8. The Kier molecular flexibility index (Phi) is 7.76. The normalized spacial score (nSPS) is 12.2. The highest BCUT2D eigenvalue weighted by molar-refractivity contribution is 7.98. The summed E-state index contributed by atoms with van der Waals surface area (Å²) < 4.78 is 12.3. The highest BCUT2D eigenvalue weighted by Crippen LogP contribution is 2.35. The number of benzene rings is 1. The molecule has 2 aromatic heterocycles. The van der Waals surface area contributed by atoms with Crippen LogP contribution in [0.3, 0.4) is 0 Å². The van der Waals surface area contributed by atoms with Gasteiger partial charge in [0.2, 0.25) is 0 Å². The average Bonchev–Trinajstić information content (AvgIpc) is 3.17. The molecule has 30 heavy (non-hydrogen) atoms. The van der Waals surface area contributed by atoms with E-state index in [-0.39, 0.29) is 0 Å². The van der Waals surface area contributed by atoms with Gasteiger partial charge < -0.3 is 15.2 Å². The fraction of sp³-hybridized carbons (Fsp3) is 0.368. The van der Waals surface area contributed by atoms with Gasteiger partial charge in [-0.2, -0.15) is 5.10 Å². The van der Waals surface area contributed by atoms with Crippen molar-refractivity contribution in [1.29, 1.82) is 0 Å². The SMILES string of the molecule is COC(=O)[C@H](N)CCCOc1ccc(Cl)c(Cl)c1Cc1cnc2c(SC)ncnn12. The number of aromatic nitrogens is 4. The zero-order valence-electron chi connectivity index (χ0n) is 16.5. The molecule has 160 valence electrons. The maximum Gasteiger partial charge on any atom is 0.322 e. The summed E-state index contributed by atoms with van der Waals surface area (Å²) in [5.41, 5.74) is 7.99. The molecule has 0 bridgehead atoms. The molecule has 0 unspecified atom stereocenters. The molecule has 0 spiro atoms. The zero-order chi connectivity index (χ0) is 21.7. The number of nitrogens with zero attached hydrogens (tertiary/aromatic N) is 4. The molecule has 1 atom stereocenters. The molecule has 0 amide bonds. The van der Waals surface area contributed by atoms with Crippen LogP contribution in [-0.4, -0.2) is 51.6 Å². The van der Waals surface area contributed by atoms with E-state index in [1.807, 2.05) is 6.26 Å². The largest absolute Gasteiger partial charge is 0.493 e. The van der Waals surface area contributed by atoms with Crippen molar-refractivity contribution in [2.75, 3.05) is 20.0 Å². The first-order valence-corrected chi connectivity index (χ1v) is 11.1. The van der Waals surface area contributed by atoms with Crippen molar-refractivity contribution in [2.45, 2.75) is 30.3 Å². The Bertz CT molecular complexity index is 1050. The summed E-state index contributed by atoms with van der Waals surface area (Å²) in [5.74, 6) is 0.162. The van der Waals surface area contributed by atoms with Gasteiger partial charge in [-0.15, -0.1) is 11.8 Å². The van der Waals surface area contributed by atoms with E-state index in [1.54, 1.807) is 22.8 Å². The number of thioether (sulfide) groups is 1. The van der Waals surface area contributed by atoms with Crippen molar-refractivity contribution in [3.05, 3.63) is 46.0 Å². The number of fused-ring (bicyclic) bond motifs is 1. The van der Waals surface area contributed by atoms with Crippen molar-refractivity contribution < 1.29 is 14.3 Å². The first-order valence-electron chi connectivity index (χ1n) is 9.11. The van der Waals surface area contributed by atoms with Crippen LogP contribution in [0.1, 0.15) is 24.1 Å². The summed E-state index contributed by atoms with van der Waals surface area (Å²) in [6.07, 6.45) is 6.61. The third-order valence-corrected chi connectivity index (χ3v) is 5.99. The number of halogens is 2. The topological polar surface area (TPSA) is 105 Å². The number of nitrogens with two attached hydrogens (primary N) is 1. The highest BCUT2D eigenvalue weighted by atomic mass is 35.5. The monoisotopic (exact) mass is 469 g/mol. The van der Waals surface area contributed by atoms with E-state index in [0.29, 0.717) is 47.3 Å². The van der Waals surface area contributed by atoms with E-state index >= 15 is 0 Å².